The van der Waals surface area contributed by atoms with E-state index in [1.807, 2.05) is 30.3 Å². The number of rotatable bonds is 4. The van der Waals surface area contributed by atoms with Crippen molar-refractivity contribution >= 4 is 17.8 Å². The monoisotopic (exact) mass is 374 g/mol. The third-order valence-corrected chi connectivity index (χ3v) is 4.62. The van der Waals surface area contributed by atoms with Gasteiger partial charge in [0.2, 0.25) is 0 Å². The molecule has 0 radical (unpaired) electrons. The summed E-state index contributed by atoms with van der Waals surface area (Å²) in [7, 11) is 0. The maximum atomic E-state index is 12.7. The van der Waals surface area contributed by atoms with E-state index in [0.29, 0.717) is 28.7 Å². The number of carbonyl (C=O) groups is 2. The lowest BCUT2D eigenvalue weighted by molar-refractivity contribution is 0.0518. The third-order valence-electron chi connectivity index (χ3n) is 4.62. The van der Waals surface area contributed by atoms with Crippen molar-refractivity contribution in [2.24, 2.45) is 0 Å². The minimum atomic E-state index is -0.546. The largest absolute Gasteiger partial charge is 0.508 e. The van der Waals surface area contributed by atoms with Gasteiger partial charge < -0.3 is 9.84 Å². The number of ketones is 1. The molecule has 0 atom stereocenters. The number of ether oxygens (including phenoxy) is 1. The molecule has 1 aliphatic rings. The smallest absolute Gasteiger partial charge is 0.359 e. The number of hydrogen-bond donors (Lipinski definition) is 1. The van der Waals surface area contributed by atoms with E-state index in [1.165, 1.54) is 0 Å². The molecule has 0 aliphatic heterocycles. The second kappa shape index (κ2) is 7.15. The summed E-state index contributed by atoms with van der Waals surface area (Å²) in [4.78, 5) is 25.1. The number of aromatic nitrogens is 2. The number of fused-ring (bicyclic) bond motifs is 1. The quantitative estimate of drug-likeness (QED) is 0.558. The van der Waals surface area contributed by atoms with E-state index in [4.69, 9.17) is 4.74 Å². The fraction of sp³-hybridized carbons (Fsp3) is 0.136. The first-order valence-electron chi connectivity index (χ1n) is 8.97. The van der Waals surface area contributed by atoms with E-state index in [2.05, 4.69) is 5.10 Å². The van der Waals surface area contributed by atoms with Gasteiger partial charge in [-0.15, -0.1) is 0 Å². The number of phenolic OH excluding ortho intramolecular Hbond substituents is 1. The molecule has 140 valence electrons. The van der Waals surface area contributed by atoms with E-state index in [1.54, 1.807) is 42.1 Å². The van der Waals surface area contributed by atoms with Gasteiger partial charge in [0, 0.05) is 34.9 Å². The molecule has 6 nitrogen and oxygen atoms in total. The number of benzene rings is 2. The number of carbonyl (C=O) groups excluding carboxylic acids is 2. The van der Waals surface area contributed by atoms with Crippen LogP contribution in [-0.2, 0) is 11.2 Å². The number of para-hydroxylation sites is 1. The number of Topliss-reactive ketones (excluding diaryl/α,β-unsaturated/α-hetero) is 1. The molecule has 0 amide bonds. The molecule has 6 heteroatoms. The lowest BCUT2D eigenvalue weighted by Crippen LogP contribution is -2.08. The van der Waals surface area contributed by atoms with Gasteiger partial charge in [-0.3, -0.25) is 4.79 Å². The van der Waals surface area contributed by atoms with E-state index in [9.17, 15) is 14.7 Å². The van der Waals surface area contributed by atoms with Gasteiger partial charge in [0.15, 0.2) is 11.5 Å². The predicted molar refractivity (Wildman–Crippen MR) is 104 cm³/mol. The van der Waals surface area contributed by atoms with Crippen molar-refractivity contribution in [1.82, 2.24) is 9.78 Å². The van der Waals surface area contributed by atoms with Crippen molar-refractivity contribution in [3.05, 3.63) is 82.7 Å². The van der Waals surface area contributed by atoms with Crippen LogP contribution in [0, 0.1) is 0 Å². The van der Waals surface area contributed by atoms with Gasteiger partial charge in [0.05, 0.1) is 12.3 Å². The Labute approximate surface area is 161 Å². The molecular weight excluding hydrogens is 356 g/mol. The first-order valence-corrected chi connectivity index (χ1v) is 8.97. The van der Waals surface area contributed by atoms with Crippen molar-refractivity contribution in [2.45, 2.75) is 13.3 Å². The molecule has 0 fully saturated rings. The Bertz CT molecular complexity index is 1100. The Kier molecular flexibility index (Phi) is 4.53. The molecule has 0 unspecified atom stereocenters. The Balaban J connectivity index is 1.78. The zero-order valence-electron chi connectivity index (χ0n) is 15.3. The molecule has 0 bridgehead atoms. The molecule has 3 aromatic rings. The van der Waals surface area contributed by atoms with Gasteiger partial charge >= 0.3 is 5.97 Å². The summed E-state index contributed by atoms with van der Waals surface area (Å²) in [6, 6.07) is 14.3. The van der Waals surface area contributed by atoms with Crippen LogP contribution in [0.4, 0.5) is 0 Å². The van der Waals surface area contributed by atoms with Crippen LogP contribution in [0.15, 0.2) is 60.3 Å². The van der Waals surface area contributed by atoms with Crippen LogP contribution in [0.2, 0.25) is 0 Å². The fourth-order valence-corrected chi connectivity index (χ4v) is 3.29. The highest BCUT2D eigenvalue weighted by Crippen LogP contribution is 2.34. The lowest BCUT2D eigenvalue weighted by Gasteiger charge is -2.00. The molecule has 0 spiro atoms. The summed E-state index contributed by atoms with van der Waals surface area (Å²) >= 11 is 0. The molecule has 0 saturated heterocycles. The molecule has 1 aromatic heterocycles. The second-order valence-electron chi connectivity index (χ2n) is 6.41. The lowest BCUT2D eigenvalue weighted by atomic mass is 10.1. The van der Waals surface area contributed by atoms with Crippen LogP contribution in [0.5, 0.6) is 5.75 Å². The predicted octanol–water partition coefficient (Wildman–Crippen LogP) is 3.58. The average Bonchev–Trinajstić information content (AvgIpc) is 3.26. The molecule has 1 N–H and O–H groups in total. The maximum Gasteiger partial charge on any atom is 0.359 e. The van der Waals surface area contributed by atoms with Crippen LogP contribution in [-0.4, -0.2) is 33.2 Å². The molecule has 28 heavy (non-hydrogen) atoms. The topological polar surface area (TPSA) is 81.4 Å². The van der Waals surface area contributed by atoms with Crippen molar-refractivity contribution in [3.63, 3.8) is 0 Å². The Hall–Kier alpha value is -3.67. The van der Waals surface area contributed by atoms with Gasteiger partial charge in [0.25, 0.3) is 0 Å². The highest BCUT2D eigenvalue weighted by molar-refractivity contribution is 6.16. The Morgan fingerprint density at radius 3 is 2.71 bits per heavy atom. The van der Waals surface area contributed by atoms with Crippen molar-refractivity contribution in [1.29, 1.82) is 0 Å². The van der Waals surface area contributed by atoms with E-state index in [-0.39, 0.29) is 23.8 Å². The zero-order chi connectivity index (χ0) is 19.7. The number of hydrogen-bond acceptors (Lipinski definition) is 5. The number of phenols is 1. The minimum absolute atomic E-state index is 0.0971. The SMILES string of the molecule is CCOC(=O)c1nn(-c2ccccc2)cc1C=C1Cc2c(O)cccc2C1=O. The number of nitrogens with zero attached hydrogens (tertiary/aromatic N) is 2. The van der Waals surface area contributed by atoms with Crippen LogP contribution < -0.4 is 0 Å². The van der Waals surface area contributed by atoms with Crippen LogP contribution in [0.3, 0.4) is 0 Å². The number of allylic oxidation sites excluding steroid dienone is 1. The van der Waals surface area contributed by atoms with Crippen molar-refractivity contribution in [2.75, 3.05) is 6.61 Å². The average molecular weight is 374 g/mol. The summed E-state index contributed by atoms with van der Waals surface area (Å²) in [6.45, 7) is 1.95. The number of aromatic hydroxyl groups is 1. The summed E-state index contributed by atoms with van der Waals surface area (Å²) in [5.74, 6) is -0.608. The molecule has 1 heterocycles. The standard InChI is InChI=1S/C22H18N2O4/c1-2-28-22(27)20-15(13-24(23-20)16-7-4-3-5-8-16)11-14-12-18-17(21(14)26)9-6-10-19(18)25/h3-11,13,25H,2,12H2,1H3. The summed E-state index contributed by atoms with van der Waals surface area (Å²) in [6.07, 6.45) is 3.66. The van der Waals surface area contributed by atoms with Crippen LogP contribution >= 0.6 is 0 Å². The van der Waals surface area contributed by atoms with Crippen LogP contribution in [0.25, 0.3) is 11.8 Å². The van der Waals surface area contributed by atoms with Crippen molar-refractivity contribution < 1.29 is 19.4 Å². The highest BCUT2D eigenvalue weighted by atomic mass is 16.5. The first kappa shape index (κ1) is 17.7. The zero-order valence-corrected chi connectivity index (χ0v) is 15.3. The van der Waals surface area contributed by atoms with Crippen LogP contribution in [0.1, 0.15) is 38.9 Å². The maximum absolute atomic E-state index is 12.7. The van der Waals surface area contributed by atoms with Gasteiger partial charge in [0.1, 0.15) is 5.75 Å². The first-order chi connectivity index (χ1) is 13.6. The summed E-state index contributed by atoms with van der Waals surface area (Å²) in [5.41, 5.74) is 3.02. The molecule has 2 aromatic carbocycles. The second-order valence-corrected chi connectivity index (χ2v) is 6.41. The van der Waals surface area contributed by atoms with Gasteiger partial charge in [-0.25, -0.2) is 9.48 Å². The van der Waals surface area contributed by atoms with E-state index >= 15 is 0 Å². The Morgan fingerprint density at radius 2 is 2.00 bits per heavy atom. The number of esters is 1. The summed E-state index contributed by atoms with van der Waals surface area (Å²) < 4.78 is 6.71. The van der Waals surface area contributed by atoms with Gasteiger partial charge in [-0.1, -0.05) is 30.3 Å². The molecular formula is C22H18N2O4. The molecule has 0 saturated carbocycles. The van der Waals surface area contributed by atoms with E-state index in [0.717, 1.165) is 5.69 Å². The van der Waals surface area contributed by atoms with Crippen molar-refractivity contribution in [3.8, 4) is 11.4 Å². The Morgan fingerprint density at radius 1 is 1.21 bits per heavy atom. The molecule has 1 aliphatic carbocycles. The summed E-state index contributed by atoms with van der Waals surface area (Å²) in [5, 5.41) is 14.4. The highest BCUT2D eigenvalue weighted by Gasteiger charge is 2.28. The fourth-order valence-electron chi connectivity index (χ4n) is 3.29. The normalized spacial score (nSPS) is 14.3. The van der Waals surface area contributed by atoms with E-state index < -0.39 is 5.97 Å². The van der Waals surface area contributed by atoms with Gasteiger partial charge in [-0.05, 0) is 31.2 Å². The van der Waals surface area contributed by atoms with Gasteiger partial charge in [-0.2, -0.15) is 5.10 Å². The minimum Gasteiger partial charge on any atom is -0.508 e. The third kappa shape index (κ3) is 3.09. The molecule has 4 rings (SSSR count).